The molecule has 0 aliphatic rings. The van der Waals surface area contributed by atoms with Gasteiger partial charge in [0.1, 0.15) is 0 Å². The number of aromatic hydroxyl groups is 1. The number of thiophene rings is 1. The molecule has 0 aliphatic carbocycles. The van der Waals surface area contributed by atoms with Crippen LogP contribution in [-0.4, -0.2) is 15.3 Å². The number of hydrogen-bond donors (Lipinski definition) is 2. The first-order valence-electron chi connectivity index (χ1n) is 6.76. The van der Waals surface area contributed by atoms with E-state index in [0.29, 0.717) is 0 Å². The van der Waals surface area contributed by atoms with Gasteiger partial charge in [0.25, 0.3) is 5.89 Å². The minimum atomic E-state index is -0.439. The van der Waals surface area contributed by atoms with E-state index >= 15 is 0 Å². The van der Waals surface area contributed by atoms with Crippen LogP contribution in [0, 0.1) is 3.57 Å². The quantitative estimate of drug-likeness (QED) is 0.443. The van der Waals surface area contributed by atoms with Crippen molar-refractivity contribution >= 4 is 55.4 Å². The standard InChI is InChI=1S/C16H10IN3O2S/c17-10-1-3-11(4-2-10)18-13-8-14-9(5-6-23-14)7-12(13)15-19-20-16(21)22-15/h1-8,18H,(H,20,21). The number of hydrogen-bond acceptors (Lipinski definition) is 6. The molecule has 0 aliphatic heterocycles. The molecule has 4 aromatic rings. The molecule has 7 heteroatoms. The number of anilines is 2. The SMILES string of the molecule is Oc1nnc(-c2cc3ccsc3cc2Nc2ccc(I)cc2)o1. The van der Waals surface area contributed by atoms with Crippen LogP contribution in [0.5, 0.6) is 6.08 Å². The third-order valence-electron chi connectivity index (χ3n) is 3.36. The van der Waals surface area contributed by atoms with Gasteiger partial charge in [0.2, 0.25) is 0 Å². The molecule has 0 fully saturated rings. The number of aromatic nitrogens is 2. The van der Waals surface area contributed by atoms with Gasteiger partial charge in [0, 0.05) is 14.0 Å². The molecule has 0 spiro atoms. The number of nitrogens with zero attached hydrogens (tertiary/aromatic N) is 2. The summed E-state index contributed by atoms with van der Waals surface area (Å²) in [5.41, 5.74) is 2.57. The molecule has 0 saturated carbocycles. The van der Waals surface area contributed by atoms with Crippen LogP contribution in [0.15, 0.2) is 52.3 Å². The van der Waals surface area contributed by atoms with E-state index in [1.807, 2.05) is 41.8 Å². The summed E-state index contributed by atoms with van der Waals surface area (Å²) in [5, 5.41) is 23.3. The van der Waals surface area contributed by atoms with Gasteiger partial charge in [0.15, 0.2) is 0 Å². The lowest BCUT2D eigenvalue weighted by molar-refractivity contribution is 0.320. The minimum Gasteiger partial charge on any atom is -0.465 e. The Hall–Kier alpha value is -2.13. The Morgan fingerprint density at radius 1 is 1.09 bits per heavy atom. The molecule has 5 nitrogen and oxygen atoms in total. The Kier molecular flexibility index (Phi) is 3.66. The van der Waals surface area contributed by atoms with Gasteiger partial charge in [-0.2, -0.15) is 0 Å². The number of fused-ring (bicyclic) bond motifs is 1. The fourth-order valence-corrected chi connectivity index (χ4v) is 3.47. The fraction of sp³-hybridized carbons (Fsp3) is 0. The van der Waals surface area contributed by atoms with Crippen LogP contribution in [0.2, 0.25) is 0 Å². The molecular weight excluding hydrogens is 425 g/mol. The predicted molar refractivity (Wildman–Crippen MR) is 99.2 cm³/mol. The van der Waals surface area contributed by atoms with E-state index < -0.39 is 6.08 Å². The fourth-order valence-electron chi connectivity index (χ4n) is 2.30. The van der Waals surface area contributed by atoms with E-state index in [9.17, 15) is 5.11 Å². The Morgan fingerprint density at radius 3 is 2.65 bits per heavy atom. The van der Waals surface area contributed by atoms with E-state index in [-0.39, 0.29) is 5.89 Å². The van der Waals surface area contributed by atoms with Gasteiger partial charge in [-0.3, -0.25) is 0 Å². The second kappa shape index (κ2) is 5.82. The van der Waals surface area contributed by atoms with Crippen molar-refractivity contribution in [1.29, 1.82) is 0 Å². The first kappa shape index (κ1) is 14.5. The zero-order valence-electron chi connectivity index (χ0n) is 11.7. The van der Waals surface area contributed by atoms with E-state index in [1.165, 1.54) is 3.57 Å². The Morgan fingerprint density at radius 2 is 1.91 bits per heavy atom. The first-order chi connectivity index (χ1) is 11.2. The average Bonchev–Trinajstić information content (AvgIpc) is 3.17. The van der Waals surface area contributed by atoms with Crippen LogP contribution in [0.3, 0.4) is 0 Å². The number of benzene rings is 2. The van der Waals surface area contributed by atoms with E-state index in [2.05, 4.69) is 44.2 Å². The van der Waals surface area contributed by atoms with Gasteiger partial charge < -0.3 is 14.8 Å². The monoisotopic (exact) mass is 435 g/mol. The maximum absolute atomic E-state index is 9.34. The summed E-state index contributed by atoms with van der Waals surface area (Å²) < 4.78 is 7.52. The summed E-state index contributed by atoms with van der Waals surface area (Å²) in [5.74, 6) is 0.281. The van der Waals surface area contributed by atoms with Crippen LogP contribution in [0.25, 0.3) is 21.5 Å². The molecule has 114 valence electrons. The van der Waals surface area contributed by atoms with Crippen molar-refractivity contribution in [2.75, 3.05) is 5.32 Å². The summed E-state index contributed by atoms with van der Waals surface area (Å²) in [7, 11) is 0. The third-order valence-corrected chi connectivity index (χ3v) is 4.96. The van der Waals surface area contributed by atoms with Crippen LogP contribution < -0.4 is 5.32 Å². The molecule has 0 radical (unpaired) electrons. The number of nitrogens with one attached hydrogen (secondary N) is 1. The molecule has 0 atom stereocenters. The van der Waals surface area contributed by atoms with Crippen LogP contribution in [0.1, 0.15) is 0 Å². The molecule has 0 saturated heterocycles. The first-order valence-corrected chi connectivity index (χ1v) is 8.71. The number of rotatable bonds is 3. The highest BCUT2D eigenvalue weighted by atomic mass is 127. The molecule has 2 N–H and O–H groups in total. The van der Waals surface area contributed by atoms with Gasteiger partial charge in [-0.1, -0.05) is 5.10 Å². The average molecular weight is 435 g/mol. The summed E-state index contributed by atoms with van der Waals surface area (Å²) in [6, 6.07) is 14.1. The second-order valence-electron chi connectivity index (χ2n) is 4.88. The predicted octanol–water partition coefficient (Wildman–Crippen LogP) is 5.01. The smallest absolute Gasteiger partial charge is 0.412 e. The van der Waals surface area contributed by atoms with E-state index in [4.69, 9.17) is 4.42 Å². The van der Waals surface area contributed by atoms with Crippen molar-refractivity contribution in [2.24, 2.45) is 0 Å². The van der Waals surface area contributed by atoms with Crippen molar-refractivity contribution in [3.8, 4) is 17.5 Å². The second-order valence-corrected chi connectivity index (χ2v) is 7.07. The van der Waals surface area contributed by atoms with Crippen molar-refractivity contribution in [2.45, 2.75) is 0 Å². The summed E-state index contributed by atoms with van der Waals surface area (Å²) in [6.07, 6.45) is -0.439. The van der Waals surface area contributed by atoms with Gasteiger partial charge >= 0.3 is 6.08 Å². The van der Waals surface area contributed by atoms with Crippen molar-refractivity contribution < 1.29 is 9.52 Å². The Bertz CT molecular complexity index is 979. The lowest BCUT2D eigenvalue weighted by atomic mass is 10.1. The lowest BCUT2D eigenvalue weighted by Gasteiger charge is -2.10. The van der Waals surface area contributed by atoms with Gasteiger partial charge in [-0.25, -0.2) is 0 Å². The van der Waals surface area contributed by atoms with Gasteiger partial charge in [-0.05, 0) is 75.8 Å². The molecule has 0 unspecified atom stereocenters. The maximum atomic E-state index is 9.34. The molecule has 23 heavy (non-hydrogen) atoms. The largest absolute Gasteiger partial charge is 0.465 e. The summed E-state index contributed by atoms with van der Waals surface area (Å²) in [4.78, 5) is 0. The van der Waals surface area contributed by atoms with E-state index in [1.54, 1.807) is 11.3 Å². The third kappa shape index (κ3) is 2.89. The highest BCUT2D eigenvalue weighted by Crippen LogP contribution is 2.36. The zero-order valence-corrected chi connectivity index (χ0v) is 14.6. The maximum Gasteiger partial charge on any atom is 0.412 e. The Balaban J connectivity index is 1.84. The molecule has 2 aromatic carbocycles. The van der Waals surface area contributed by atoms with Crippen LogP contribution in [-0.2, 0) is 0 Å². The van der Waals surface area contributed by atoms with E-state index in [0.717, 1.165) is 27.0 Å². The number of halogens is 1. The molecule has 2 heterocycles. The highest BCUT2D eigenvalue weighted by molar-refractivity contribution is 14.1. The molecule has 2 aromatic heterocycles. The van der Waals surface area contributed by atoms with Crippen molar-refractivity contribution in [1.82, 2.24) is 10.2 Å². The van der Waals surface area contributed by atoms with Crippen molar-refractivity contribution in [3.63, 3.8) is 0 Å². The summed E-state index contributed by atoms with van der Waals surface area (Å²) in [6.45, 7) is 0. The highest BCUT2D eigenvalue weighted by Gasteiger charge is 2.14. The minimum absolute atomic E-state index is 0.281. The van der Waals surface area contributed by atoms with Crippen LogP contribution >= 0.6 is 33.9 Å². The van der Waals surface area contributed by atoms with Crippen LogP contribution in [0.4, 0.5) is 11.4 Å². The van der Waals surface area contributed by atoms with Crippen molar-refractivity contribution in [3.05, 3.63) is 51.4 Å². The lowest BCUT2D eigenvalue weighted by Crippen LogP contribution is -1.94. The molecule has 0 amide bonds. The molecule has 0 bridgehead atoms. The topological polar surface area (TPSA) is 71.2 Å². The molecular formula is C16H10IN3O2S. The summed E-state index contributed by atoms with van der Waals surface area (Å²) >= 11 is 3.94. The zero-order chi connectivity index (χ0) is 15.8. The van der Waals surface area contributed by atoms with Gasteiger partial charge in [0.05, 0.1) is 11.3 Å². The molecule has 4 rings (SSSR count). The van der Waals surface area contributed by atoms with Gasteiger partial charge in [-0.15, -0.1) is 16.4 Å². The normalized spacial score (nSPS) is 11.0. The Labute approximate surface area is 149 Å².